The first kappa shape index (κ1) is 13.4. The van der Waals surface area contributed by atoms with E-state index in [-0.39, 0.29) is 0 Å². The van der Waals surface area contributed by atoms with Gasteiger partial charge in [0, 0.05) is 34.8 Å². The summed E-state index contributed by atoms with van der Waals surface area (Å²) in [6.07, 6.45) is 1.81. The Labute approximate surface area is 121 Å². The molecule has 1 aromatic carbocycles. The van der Waals surface area contributed by atoms with Crippen molar-refractivity contribution in [2.45, 2.75) is 11.9 Å². The quantitative estimate of drug-likeness (QED) is 0.781. The van der Waals surface area contributed by atoms with E-state index in [1.54, 1.807) is 0 Å². The van der Waals surface area contributed by atoms with Crippen molar-refractivity contribution in [3.05, 3.63) is 58.9 Å². The highest BCUT2D eigenvalue weighted by Gasteiger charge is 2.10. The van der Waals surface area contributed by atoms with Crippen LogP contribution >= 0.6 is 27.5 Å². The van der Waals surface area contributed by atoms with E-state index in [4.69, 9.17) is 11.6 Å². The van der Waals surface area contributed by atoms with Crippen molar-refractivity contribution in [2.24, 2.45) is 0 Å². The van der Waals surface area contributed by atoms with Crippen molar-refractivity contribution >= 4 is 33.2 Å². The number of alkyl halides is 1. The van der Waals surface area contributed by atoms with Gasteiger partial charge in [-0.2, -0.15) is 0 Å². The van der Waals surface area contributed by atoms with Crippen molar-refractivity contribution in [1.82, 2.24) is 4.98 Å². The zero-order chi connectivity index (χ0) is 13.0. The number of aromatic nitrogens is 1. The number of benzene rings is 1. The Bertz CT molecular complexity index is 516. The Hall–Kier alpha value is -1.06. The lowest BCUT2D eigenvalue weighted by molar-refractivity contribution is 0.880. The van der Waals surface area contributed by atoms with Crippen LogP contribution in [0.25, 0.3) is 0 Å². The van der Waals surface area contributed by atoms with Crippen LogP contribution in [0.3, 0.4) is 0 Å². The van der Waals surface area contributed by atoms with E-state index in [1.165, 1.54) is 0 Å². The third-order valence-electron chi connectivity index (χ3n) is 2.76. The summed E-state index contributed by atoms with van der Waals surface area (Å²) in [5.41, 5.74) is 3.28. The number of nitrogens with zero attached hydrogens (tertiary/aromatic N) is 2. The first-order valence-corrected chi connectivity index (χ1v) is 7.16. The van der Waals surface area contributed by atoms with Crippen molar-refractivity contribution in [3.63, 3.8) is 0 Å². The van der Waals surface area contributed by atoms with Gasteiger partial charge in [0.05, 0.1) is 12.2 Å². The number of halogens is 2. The molecule has 0 amide bonds. The lowest BCUT2D eigenvalue weighted by Crippen LogP contribution is -2.18. The summed E-state index contributed by atoms with van der Waals surface area (Å²) in [7, 11) is 2.05. The number of pyridine rings is 1. The monoisotopic (exact) mass is 324 g/mol. The van der Waals surface area contributed by atoms with Gasteiger partial charge in [-0.1, -0.05) is 39.7 Å². The molecule has 0 saturated heterocycles. The van der Waals surface area contributed by atoms with Gasteiger partial charge in [-0.15, -0.1) is 0 Å². The Balaban J connectivity index is 2.24. The summed E-state index contributed by atoms with van der Waals surface area (Å²) in [6, 6.07) is 11.9. The molecule has 0 saturated carbocycles. The van der Waals surface area contributed by atoms with E-state index in [9.17, 15) is 0 Å². The summed E-state index contributed by atoms with van der Waals surface area (Å²) >= 11 is 9.69. The molecule has 94 valence electrons. The van der Waals surface area contributed by atoms with Gasteiger partial charge in [0.2, 0.25) is 0 Å². The first-order valence-electron chi connectivity index (χ1n) is 5.66. The lowest BCUT2D eigenvalue weighted by atomic mass is 10.2. The van der Waals surface area contributed by atoms with Gasteiger partial charge in [0.1, 0.15) is 0 Å². The average molecular weight is 326 g/mol. The summed E-state index contributed by atoms with van der Waals surface area (Å²) in [5, 5.41) is 1.53. The van der Waals surface area contributed by atoms with Gasteiger partial charge in [-0.25, -0.2) is 0 Å². The third kappa shape index (κ3) is 3.03. The molecule has 0 fully saturated rings. The number of hydrogen-bond donors (Lipinski definition) is 0. The highest BCUT2D eigenvalue weighted by Crippen LogP contribution is 2.29. The molecule has 0 N–H and O–H groups in total. The fourth-order valence-corrected chi connectivity index (χ4v) is 2.84. The summed E-state index contributed by atoms with van der Waals surface area (Å²) in [5.74, 6) is 0. The van der Waals surface area contributed by atoms with E-state index in [0.717, 1.165) is 33.8 Å². The van der Waals surface area contributed by atoms with Crippen molar-refractivity contribution in [2.75, 3.05) is 11.9 Å². The zero-order valence-corrected chi connectivity index (χ0v) is 12.4. The van der Waals surface area contributed by atoms with Gasteiger partial charge in [0.15, 0.2) is 0 Å². The molecule has 0 aliphatic heterocycles. The smallest absolute Gasteiger partial charge is 0.0598 e. The standard InChI is InChI=1S/C14H14BrClN2/c1-18(10-11-5-2-3-8-17-11)14-7-4-6-13(16)12(14)9-15/h2-8H,9-10H2,1H3. The van der Waals surface area contributed by atoms with E-state index in [1.807, 2.05) is 43.6 Å². The minimum absolute atomic E-state index is 0.745. The molecular weight excluding hydrogens is 312 g/mol. The molecule has 0 aliphatic carbocycles. The molecule has 0 bridgehead atoms. The Morgan fingerprint density at radius 2 is 2.06 bits per heavy atom. The normalized spacial score (nSPS) is 10.4. The molecular formula is C14H14BrClN2. The van der Waals surface area contributed by atoms with E-state index < -0.39 is 0 Å². The van der Waals surface area contributed by atoms with Gasteiger partial charge in [-0.3, -0.25) is 4.98 Å². The molecule has 18 heavy (non-hydrogen) atoms. The van der Waals surface area contributed by atoms with Crippen LogP contribution in [0.1, 0.15) is 11.3 Å². The number of hydrogen-bond acceptors (Lipinski definition) is 2. The van der Waals surface area contributed by atoms with Crippen LogP contribution in [0.2, 0.25) is 5.02 Å². The molecule has 2 aromatic rings. The SMILES string of the molecule is CN(Cc1ccccn1)c1cccc(Cl)c1CBr. The predicted octanol–water partition coefficient (Wildman–Crippen LogP) is 4.27. The second-order valence-electron chi connectivity index (χ2n) is 4.05. The van der Waals surface area contributed by atoms with Crippen molar-refractivity contribution in [1.29, 1.82) is 0 Å². The number of rotatable bonds is 4. The maximum Gasteiger partial charge on any atom is 0.0598 e. The minimum atomic E-state index is 0.745. The molecule has 1 aromatic heterocycles. The molecule has 4 heteroatoms. The van der Waals surface area contributed by atoms with Crippen LogP contribution in [-0.2, 0) is 11.9 Å². The molecule has 2 rings (SSSR count). The van der Waals surface area contributed by atoms with Crippen LogP contribution < -0.4 is 4.90 Å². The average Bonchev–Trinajstić information content (AvgIpc) is 2.39. The molecule has 0 unspecified atom stereocenters. The minimum Gasteiger partial charge on any atom is -0.368 e. The summed E-state index contributed by atoms with van der Waals surface area (Å²) in [4.78, 5) is 6.49. The van der Waals surface area contributed by atoms with E-state index in [2.05, 4.69) is 31.9 Å². The molecule has 0 radical (unpaired) electrons. The van der Waals surface area contributed by atoms with Crippen LogP contribution in [0.15, 0.2) is 42.6 Å². The highest BCUT2D eigenvalue weighted by atomic mass is 79.9. The molecule has 0 atom stereocenters. The Morgan fingerprint density at radius 1 is 1.22 bits per heavy atom. The largest absolute Gasteiger partial charge is 0.368 e. The highest BCUT2D eigenvalue weighted by molar-refractivity contribution is 9.08. The van der Waals surface area contributed by atoms with Crippen LogP contribution in [0.5, 0.6) is 0 Å². The molecule has 0 aliphatic rings. The van der Waals surface area contributed by atoms with Crippen molar-refractivity contribution < 1.29 is 0 Å². The van der Waals surface area contributed by atoms with Gasteiger partial charge >= 0.3 is 0 Å². The number of anilines is 1. The van der Waals surface area contributed by atoms with Crippen LogP contribution in [-0.4, -0.2) is 12.0 Å². The third-order valence-corrected chi connectivity index (χ3v) is 3.68. The second kappa shape index (κ2) is 6.21. The van der Waals surface area contributed by atoms with Gasteiger partial charge < -0.3 is 4.90 Å². The predicted molar refractivity (Wildman–Crippen MR) is 80.4 cm³/mol. The molecule has 1 heterocycles. The second-order valence-corrected chi connectivity index (χ2v) is 5.02. The van der Waals surface area contributed by atoms with E-state index in [0.29, 0.717) is 0 Å². The van der Waals surface area contributed by atoms with Gasteiger partial charge in [-0.05, 0) is 24.3 Å². The maximum absolute atomic E-state index is 6.20. The Kier molecular flexibility index (Phi) is 4.61. The molecule has 2 nitrogen and oxygen atoms in total. The summed E-state index contributed by atoms with van der Waals surface area (Å²) in [6.45, 7) is 0.765. The molecule has 0 spiro atoms. The topological polar surface area (TPSA) is 16.1 Å². The van der Waals surface area contributed by atoms with Crippen LogP contribution in [0, 0.1) is 0 Å². The van der Waals surface area contributed by atoms with E-state index >= 15 is 0 Å². The fraction of sp³-hybridized carbons (Fsp3) is 0.214. The lowest BCUT2D eigenvalue weighted by Gasteiger charge is -2.22. The van der Waals surface area contributed by atoms with Crippen LogP contribution in [0.4, 0.5) is 5.69 Å². The first-order chi connectivity index (χ1) is 8.72. The van der Waals surface area contributed by atoms with Gasteiger partial charge in [0.25, 0.3) is 0 Å². The maximum atomic E-state index is 6.20. The van der Waals surface area contributed by atoms with Crippen molar-refractivity contribution in [3.8, 4) is 0 Å². The fourth-order valence-electron chi connectivity index (χ4n) is 1.86. The summed E-state index contributed by atoms with van der Waals surface area (Å²) < 4.78 is 0. The Morgan fingerprint density at radius 3 is 2.72 bits per heavy atom. The zero-order valence-electron chi connectivity index (χ0n) is 10.1.